The third-order valence-corrected chi connectivity index (χ3v) is 3.38. The molecule has 3 rings (SSSR count). The van der Waals surface area contributed by atoms with Gasteiger partial charge in [0.05, 0.1) is 6.10 Å². The SMILES string of the molecule is OC1CCC(Nc2ccc3nccnc3n2)CC1. The van der Waals surface area contributed by atoms with E-state index in [1.165, 1.54) is 0 Å². The summed E-state index contributed by atoms with van der Waals surface area (Å²) in [5, 5.41) is 12.9. The summed E-state index contributed by atoms with van der Waals surface area (Å²) >= 11 is 0. The number of anilines is 1. The fourth-order valence-corrected chi connectivity index (χ4v) is 2.36. The molecule has 0 aliphatic heterocycles. The van der Waals surface area contributed by atoms with E-state index in [-0.39, 0.29) is 6.10 Å². The zero-order chi connectivity index (χ0) is 12.4. The van der Waals surface area contributed by atoms with Crippen LogP contribution in [-0.2, 0) is 0 Å². The lowest BCUT2D eigenvalue weighted by Gasteiger charge is -2.26. The number of pyridine rings is 1. The Labute approximate surface area is 105 Å². The van der Waals surface area contributed by atoms with Gasteiger partial charge in [-0.1, -0.05) is 0 Å². The standard InChI is InChI=1S/C13H16N4O/c18-10-3-1-9(2-4-10)16-12-6-5-11-13(17-12)15-8-7-14-11/h5-10,18H,1-4H2,(H,15,16,17). The maximum atomic E-state index is 9.47. The molecule has 0 spiro atoms. The molecule has 1 fully saturated rings. The minimum Gasteiger partial charge on any atom is -0.393 e. The van der Waals surface area contributed by atoms with Crippen LogP contribution in [0.4, 0.5) is 5.82 Å². The summed E-state index contributed by atoms with van der Waals surface area (Å²) in [4.78, 5) is 12.8. The van der Waals surface area contributed by atoms with Gasteiger partial charge >= 0.3 is 0 Å². The fourth-order valence-electron chi connectivity index (χ4n) is 2.36. The molecule has 0 saturated heterocycles. The van der Waals surface area contributed by atoms with Gasteiger partial charge in [0.1, 0.15) is 11.3 Å². The van der Waals surface area contributed by atoms with Crippen LogP contribution in [0.1, 0.15) is 25.7 Å². The molecule has 2 heterocycles. The number of nitrogens with one attached hydrogen (secondary N) is 1. The van der Waals surface area contributed by atoms with Crippen LogP contribution in [0.15, 0.2) is 24.5 Å². The summed E-state index contributed by atoms with van der Waals surface area (Å²) in [7, 11) is 0. The quantitative estimate of drug-likeness (QED) is 0.842. The smallest absolute Gasteiger partial charge is 0.180 e. The molecule has 18 heavy (non-hydrogen) atoms. The van der Waals surface area contributed by atoms with Crippen LogP contribution in [0.25, 0.3) is 11.2 Å². The van der Waals surface area contributed by atoms with E-state index in [2.05, 4.69) is 20.3 Å². The minimum atomic E-state index is -0.126. The Kier molecular flexibility index (Phi) is 3.06. The summed E-state index contributed by atoms with van der Waals surface area (Å²) in [6.45, 7) is 0. The average molecular weight is 244 g/mol. The highest BCUT2D eigenvalue weighted by atomic mass is 16.3. The van der Waals surface area contributed by atoms with Gasteiger partial charge in [-0.15, -0.1) is 0 Å². The highest BCUT2D eigenvalue weighted by Crippen LogP contribution is 2.21. The second-order valence-corrected chi connectivity index (χ2v) is 4.75. The van der Waals surface area contributed by atoms with Gasteiger partial charge in [-0.25, -0.2) is 9.97 Å². The molecule has 94 valence electrons. The van der Waals surface area contributed by atoms with Crippen molar-refractivity contribution in [1.29, 1.82) is 0 Å². The van der Waals surface area contributed by atoms with Crippen molar-refractivity contribution in [1.82, 2.24) is 15.0 Å². The molecular formula is C13H16N4O. The van der Waals surface area contributed by atoms with Gasteiger partial charge < -0.3 is 10.4 Å². The number of aromatic nitrogens is 3. The Morgan fingerprint density at radius 3 is 2.67 bits per heavy atom. The van der Waals surface area contributed by atoms with Gasteiger partial charge in [-0.3, -0.25) is 4.98 Å². The Balaban J connectivity index is 1.74. The van der Waals surface area contributed by atoms with Gasteiger partial charge in [0.15, 0.2) is 5.65 Å². The Morgan fingerprint density at radius 1 is 1.06 bits per heavy atom. The molecule has 0 radical (unpaired) electrons. The third-order valence-electron chi connectivity index (χ3n) is 3.38. The van der Waals surface area contributed by atoms with E-state index in [1.807, 2.05) is 12.1 Å². The number of aliphatic hydroxyl groups excluding tert-OH is 1. The topological polar surface area (TPSA) is 70.9 Å². The summed E-state index contributed by atoms with van der Waals surface area (Å²) in [6.07, 6.45) is 6.90. The fraction of sp³-hybridized carbons (Fsp3) is 0.462. The lowest BCUT2D eigenvalue weighted by atomic mass is 9.93. The first kappa shape index (κ1) is 11.3. The average Bonchev–Trinajstić information content (AvgIpc) is 2.41. The van der Waals surface area contributed by atoms with Crippen LogP contribution in [0, 0.1) is 0 Å². The van der Waals surface area contributed by atoms with Crippen LogP contribution in [0.5, 0.6) is 0 Å². The number of aliphatic hydroxyl groups is 1. The number of nitrogens with zero attached hydrogens (tertiary/aromatic N) is 3. The molecule has 1 saturated carbocycles. The molecule has 5 heteroatoms. The normalized spacial score (nSPS) is 24.1. The predicted molar refractivity (Wildman–Crippen MR) is 69.2 cm³/mol. The van der Waals surface area contributed by atoms with Crippen molar-refractivity contribution in [3.8, 4) is 0 Å². The Morgan fingerprint density at radius 2 is 1.83 bits per heavy atom. The molecule has 2 N–H and O–H groups in total. The molecule has 1 aliphatic rings. The van der Waals surface area contributed by atoms with Crippen LogP contribution in [0.3, 0.4) is 0 Å². The molecule has 0 atom stereocenters. The number of fused-ring (bicyclic) bond motifs is 1. The van der Waals surface area contributed by atoms with Crippen LogP contribution >= 0.6 is 0 Å². The minimum absolute atomic E-state index is 0.126. The van der Waals surface area contributed by atoms with Gasteiger partial charge in [0, 0.05) is 18.4 Å². The summed E-state index contributed by atoms with van der Waals surface area (Å²) in [5.41, 5.74) is 1.47. The first-order valence-corrected chi connectivity index (χ1v) is 6.33. The van der Waals surface area contributed by atoms with Gasteiger partial charge in [0.25, 0.3) is 0 Å². The van der Waals surface area contributed by atoms with Crippen molar-refractivity contribution in [3.05, 3.63) is 24.5 Å². The van der Waals surface area contributed by atoms with Crippen LogP contribution in [-0.4, -0.2) is 32.2 Å². The Hall–Kier alpha value is -1.75. The molecule has 2 aromatic rings. The number of hydrogen-bond acceptors (Lipinski definition) is 5. The second-order valence-electron chi connectivity index (χ2n) is 4.75. The summed E-state index contributed by atoms with van der Waals surface area (Å²) < 4.78 is 0. The monoisotopic (exact) mass is 244 g/mol. The van der Waals surface area contributed by atoms with Crippen molar-refractivity contribution in [2.45, 2.75) is 37.8 Å². The van der Waals surface area contributed by atoms with Crippen LogP contribution < -0.4 is 5.32 Å². The molecule has 2 aromatic heterocycles. The van der Waals surface area contributed by atoms with Crippen molar-refractivity contribution in [2.24, 2.45) is 0 Å². The summed E-state index contributed by atoms with van der Waals surface area (Å²) in [5.74, 6) is 0.837. The van der Waals surface area contributed by atoms with Gasteiger partial charge in [0.2, 0.25) is 0 Å². The molecule has 0 aromatic carbocycles. The zero-order valence-electron chi connectivity index (χ0n) is 10.1. The van der Waals surface area contributed by atoms with E-state index in [0.717, 1.165) is 37.0 Å². The van der Waals surface area contributed by atoms with E-state index in [1.54, 1.807) is 12.4 Å². The first-order chi connectivity index (χ1) is 8.81. The lowest BCUT2D eigenvalue weighted by Crippen LogP contribution is -2.28. The maximum Gasteiger partial charge on any atom is 0.180 e. The highest BCUT2D eigenvalue weighted by molar-refractivity contribution is 5.71. The predicted octanol–water partition coefficient (Wildman–Crippen LogP) is 1.74. The number of hydrogen-bond donors (Lipinski definition) is 2. The van der Waals surface area contributed by atoms with E-state index < -0.39 is 0 Å². The molecule has 1 aliphatic carbocycles. The zero-order valence-corrected chi connectivity index (χ0v) is 10.1. The first-order valence-electron chi connectivity index (χ1n) is 6.33. The molecular weight excluding hydrogens is 228 g/mol. The molecule has 0 unspecified atom stereocenters. The maximum absolute atomic E-state index is 9.47. The largest absolute Gasteiger partial charge is 0.393 e. The van der Waals surface area contributed by atoms with E-state index in [4.69, 9.17) is 0 Å². The van der Waals surface area contributed by atoms with Crippen molar-refractivity contribution in [3.63, 3.8) is 0 Å². The molecule has 5 nitrogen and oxygen atoms in total. The van der Waals surface area contributed by atoms with Gasteiger partial charge in [-0.05, 0) is 37.8 Å². The van der Waals surface area contributed by atoms with Crippen molar-refractivity contribution >= 4 is 17.0 Å². The van der Waals surface area contributed by atoms with Gasteiger partial charge in [-0.2, -0.15) is 0 Å². The van der Waals surface area contributed by atoms with E-state index >= 15 is 0 Å². The van der Waals surface area contributed by atoms with Crippen molar-refractivity contribution in [2.75, 3.05) is 5.32 Å². The highest BCUT2D eigenvalue weighted by Gasteiger charge is 2.19. The van der Waals surface area contributed by atoms with Crippen LogP contribution in [0.2, 0.25) is 0 Å². The second kappa shape index (κ2) is 4.86. The van der Waals surface area contributed by atoms with Crippen molar-refractivity contribution < 1.29 is 5.11 Å². The van der Waals surface area contributed by atoms with E-state index in [0.29, 0.717) is 11.7 Å². The summed E-state index contributed by atoms with van der Waals surface area (Å²) in [6, 6.07) is 4.26. The third kappa shape index (κ3) is 2.41. The Bertz CT molecular complexity index is 537. The molecule has 0 amide bonds. The lowest BCUT2D eigenvalue weighted by molar-refractivity contribution is 0.126. The van der Waals surface area contributed by atoms with E-state index in [9.17, 15) is 5.11 Å². The number of rotatable bonds is 2. The molecule has 0 bridgehead atoms.